The van der Waals surface area contributed by atoms with Crippen molar-refractivity contribution in [3.8, 4) is 0 Å². The molecule has 8 heteroatoms. The molecule has 0 saturated carbocycles. The molecule has 2 amide bonds. The number of nitrogens with zero attached hydrogens (tertiary/aromatic N) is 2. The Kier molecular flexibility index (Phi) is 10.7. The molecule has 2 rings (SSSR count). The van der Waals surface area contributed by atoms with Crippen LogP contribution in [0.5, 0.6) is 0 Å². The van der Waals surface area contributed by atoms with E-state index in [0.717, 1.165) is 25.9 Å². The SMILES string of the molecule is CNCC(=O)Nc1ccc(C(=O)N(C)C2CCCN(C)C2)cc1.Cl.Cl. The molecular weight excluding hydrogens is 363 g/mol. The second kappa shape index (κ2) is 11.3. The van der Waals surface area contributed by atoms with Crippen molar-refractivity contribution in [2.24, 2.45) is 0 Å². The predicted molar refractivity (Wildman–Crippen MR) is 106 cm³/mol. The minimum absolute atomic E-state index is 0. The Bertz CT molecular complexity index is 554. The molecule has 0 bridgehead atoms. The lowest BCUT2D eigenvalue weighted by atomic mass is 10.0. The summed E-state index contributed by atoms with van der Waals surface area (Å²) < 4.78 is 0. The maximum atomic E-state index is 12.6. The first-order valence-electron chi connectivity index (χ1n) is 8.01. The van der Waals surface area contributed by atoms with Crippen LogP contribution < -0.4 is 10.6 Å². The minimum Gasteiger partial charge on any atom is -0.337 e. The van der Waals surface area contributed by atoms with E-state index in [0.29, 0.717) is 11.3 Å². The van der Waals surface area contributed by atoms with E-state index in [9.17, 15) is 9.59 Å². The van der Waals surface area contributed by atoms with Gasteiger partial charge in [0.25, 0.3) is 5.91 Å². The van der Waals surface area contributed by atoms with E-state index < -0.39 is 0 Å². The number of likely N-dealkylation sites (N-methyl/N-ethyl adjacent to an activating group) is 3. The van der Waals surface area contributed by atoms with E-state index in [-0.39, 0.29) is 49.2 Å². The molecule has 1 aliphatic rings. The number of carbonyl (C=O) groups is 2. The Morgan fingerprint density at radius 1 is 1.24 bits per heavy atom. The van der Waals surface area contributed by atoms with Gasteiger partial charge in [0.1, 0.15) is 0 Å². The highest BCUT2D eigenvalue weighted by Gasteiger charge is 2.25. The van der Waals surface area contributed by atoms with Crippen molar-refractivity contribution in [1.29, 1.82) is 0 Å². The van der Waals surface area contributed by atoms with E-state index in [1.54, 1.807) is 31.3 Å². The van der Waals surface area contributed by atoms with Crippen LogP contribution in [-0.2, 0) is 4.79 Å². The van der Waals surface area contributed by atoms with Crippen molar-refractivity contribution >= 4 is 42.3 Å². The van der Waals surface area contributed by atoms with Crippen LogP contribution in [0.1, 0.15) is 23.2 Å². The number of hydrogen-bond donors (Lipinski definition) is 2. The molecule has 0 radical (unpaired) electrons. The molecular formula is C17H28Cl2N4O2. The molecule has 0 aromatic heterocycles. The highest BCUT2D eigenvalue weighted by Crippen LogP contribution is 2.17. The molecule has 0 aliphatic carbocycles. The first-order valence-corrected chi connectivity index (χ1v) is 8.01. The van der Waals surface area contributed by atoms with Crippen molar-refractivity contribution < 1.29 is 9.59 Å². The quantitative estimate of drug-likeness (QED) is 0.804. The number of anilines is 1. The standard InChI is InChI=1S/C17H26N4O2.2ClH/c1-18-11-16(22)19-14-8-6-13(7-9-14)17(23)21(3)15-5-4-10-20(2)12-15;;/h6-9,15,18H,4-5,10-12H2,1-3H3,(H,19,22);2*1H. The third kappa shape index (κ3) is 6.82. The van der Waals surface area contributed by atoms with Crippen LogP contribution in [0.15, 0.2) is 24.3 Å². The lowest BCUT2D eigenvalue weighted by Gasteiger charge is -2.35. The zero-order chi connectivity index (χ0) is 16.8. The van der Waals surface area contributed by atoms with Gasteiger partial charge in [-0.1, -0.05) is 0 Å². The number of piperidine rings is 1. The van der Waals surface area contributed by atoms with Gasteiger partial charge in [-0.2, -0.15) is 0 Å². The van der Waals surface area contributed by atoms with Gasteiger partial charge in [0, 0.05) is 30.9 Å². The van der Waals surface area contributed by atoms with Crippen molar-refractivity contribution in [1.82, 2.24) is 15.1 Å². The second-order valence-electron chi connectivity index (χ2n) is 6.13. The molecule has 142 valence electrons. The highest BCUT2D eigenvalue weighted by atomic mass is 35.5. The number of hydrogen-bond acceptors (Lipinski definition) is 4. The van der Waals surface area contributed by atoms with E-state index in [1.807, 2.05) is 11.9 Å². The number of benzene rings is 1. The van der Waals surface area contributed by atoms with Crippen LogP contribution in [0, 0.1) is 0 Å². The fourth-order valence-corrected chi connectivity index (χ4v) is 2.89. The summed E-state index contributed by atoms with van der Waals surface area (Å²) in [5.41, 5.74) is 1.34. The monoisotopic (exact) mass is 390 g/mol. The van der Waals surface area contributed by atoms with Crippen LogP contribution in [0.2, 0.25) is 0 Å². The number of nitrogens with one attached hydrogen (secondary N) is 2. The molecule has 1 saturated heterocycles. The van der Waals surface area contributed by atoms with Crippen LogP contribution in [0.25, 0.3) is 0 Å². The van der Waals surface area contributed by atoms with E-state index in [4.69, 9.17) is 0 Å². The molecule has 1 heterocycles. The third-order valence-electron chi connectivity index (χ3n) is 4.22. The molecule has 25 heavy (non-hydrogen) atoms. The summed E-state index contributed by atoms with van der Waals surface area (Å²) in [6, 6.07) is 7.32. The van der Waals surface area contributed by atoms with Crippen molar-refractivity contribution in [3.63, 3.8) is 0 Å². The summed E-state index contributed by atoms with van der Waals surface area (Å²) in [6.45, 7) is 2.28. The summed E-state index contributed by atoms with van der Waals surface area (Å²) >= 11 is 0. The first-order chi connectivity index (χ1) is 11.0. The topological polar surface area (TPSA) is 64.7 Å². The van der Waals surface area contributed by atoms with Gasteiger partial charge in [-0.05, 0) is 57.7 Å². The molecule has 1 aliphatic heterocycles. The molecule has 1 fully saturated rings. The molecule has 1 unspecified atom stereocenters. The van der Waals surface area contributed by atoms with Gasteiger partial charge < -0.3 is 20.4 Å². The van der Waals surface area contributed by atoms with Gasteiger partial charge in [-0.3, -0.25) is 9.59 Å². The Balaban J connectivity index is 0.00000288. The molecule has 1 atom stereocenters. The van der Waals surface area contributed by atoms with Crippen LogP contribution in [0.3, 0.4) is 0 Å². The first kappa shape index (κ1) is 23.7. The Morgan fingerprint density at radius 2 is 1.88 bits per heavy atom. The minimum atomic E-state index is -0.103. The molecule has 1 aromatic carbocycles. The van der Waals surface area contributed by atoms with Gasteiger partial charge in [-0.15, -0.1) is 24.8 Å². The maximum absolute atomic E-state index is 12.6. The van der Waals surface area contributed by atoms with Crippen LogP contribution in [0.4, 0.5) is 5.69 Å². The number of amides is 2. The maximum Gasteiger partial charge on any atom is 0.253 e. The van der Waals surface area contributed by atoms with Gasteiger partial charge in [0.05, 0.1) is 6.54 Å². The summed E-state index contributed by atoms with van der Waals surface area (Å²) in [5, 5.41) is 5.57. The van der Waals surface area contributed by atoms with Gasteiger partial charge >= 0.3 is 0 Å². The average Bonchev–Trinajstić information content (AvgIpc) is 2.54. The largest absolute Gasteiger partial charge is 0.337 e. The molecule has 0 spiro atoms. The van der Waals surface area contributed by atoms with Gasteiger partial charge in [0.15, 0.2) is 0 Å². The Hall–Kier alpha value is -1.34. The normalized spacial score (nSPS) is 17.0. The number of likely N-dealkylation sites (tertiary alicyclic amines) is 1. The fraction of sp³-hybridized carbons (Fsp3) is 0.529. The zero-order valence-electron chi connectivity index (χ0n) is 14.9. The van der Waals surface area contributed by atoms with Crippen LogP contribution in [-0.4, -0.2) is 68.4 Å². The summed E-state index contributed by atoms with van der Waals surface area (Å²) in [5.74, 6) is -0.0765. The van der Waals surface area contributed by atoms with Crippen molar-refractivity contribution in [2.75, 3.05) is 46.1 Å². The Labute approximate surface area is 162 Å². The number of rotatable bonds is 5. The lowest BCUT2D eigenvalue weighted by molar-refractivity contribution is -0.115. The van der Waals surface area contributed by atoms with Crippen molar-refractivity contribution in [2.45, 2.75) is 18.9 Å². The smallest absolute Gasteiger partial charge is 0.253 e. The highest BCUT2D eigenvalue weighted by molar-refractivity contribution is 5.96. The van der Waals surface area contributed by atoms with Crippen molar-refractivity contribution in [3.05, 3.63) is 29.8 Å². The third-order valence-corrected chi connectivity index (χ3v) is 4.22. The molecule has 6 nitrogen and oxygen atoms in total. The number of halogens is 2. The van der Waals surface area contributed by atoms with E-state index in [1.165, 1.54) is 0 Å². The Morgan fingerprint density at radius 3 is 2.44 bits per heavy atom. The second-order valence-corrected chi connectivity index (χ2v) is 6.13. The summed E-state index contributed by atoms with van der Waals surface area (Å²) in [4.78, 5) is 28.2. The average molecular weight is 391 g/mol. The van der Waals surface area contributed by atoms with Gasteiger partial charge in [-0.25, -0.2) is 0 Å². The zero-order valence-corrected chi connectivity index (χ0v) is 16.6. The molecule has 1 aromatic rings. The number of carbonyl (C=O) groups excluding carboxylic acids is 2. The summed E-state index contributed by atoms with van der Waals surface area (Å²) in [6.07, 6.45) is 2.17. The van der Waals surface area contributed by atoms with E-state index in [2.05, 4.69) is 22.6 Å². The predicted octanol–water partition coefficient (Wildman–Crippen LogP) is 1.85. The molecule has 2 N–H and O–H groups in total. The van der Waals surface area contributed by atoms with Gasteiger partial charge in [0.2, 0.25) is 5.91 Å². The van der Waals surface area contributed by atoms with Crippen LogP contribution >= 0.6 is 24.8 Å². The van der Waals surface area contributed by atoms with E-state index >= 15 is 0 Å². The summed E-state index contributed by atoms with van der Waals surface area (Å²) in [7, 11) is 5.68. The lowest BCUT2D eigenvalue weighted by Crippen LogP contribution is -2.47. The fourth-order valence-electron chi connectivity index (χ4n) is 2.89.